The van der Waals surface area contributed by atoms with Crippen LogP contribution in [0.3, 0.4) is 0 Å². The normalized spacial score (nSPS) is 11.2. The summed E-state index contributed by atoms with van der Waals surface area (Å²) >= 11 is 0.779. The molecule has 0 fully saturated rings. The van der Waals surface area contributed by atoms with Gasteiger partial charge >= 0.3 is 0 Å². The number of anilines is 1. The Morgan fingerprint density at radius 3 is 2.61 bits per heavy atom. The average Bonchev–Trinajstić information content (AvgIpc) is 2.94. The zero-order chi connectivity index (χ0) is 16.9. The summed E-state index contributed by atoms with van der Waals surface area (Å²) in [5.41, 5.74) is 1.12. The molecule has 0 aliphatic rings. The van der Waals surface area contributed by atoms with Gasteiger partial charge in [0.05, 0.1) is 0 Å². The van der Waals surface area contributed by atoms with Gasteiger partial charge in [-0.25, -0.2) is 13.1 Å². The third-order valence-corrected chi connectivity index (χ3v) is 5.27. The molecule has 124 valence electrons. The van der Waals surface area contributed by atoms with E-state index < -0.39 is 10.0 Å². The number of benzene rings is 1. The van der Waals surface area contributed by atoms with Crippen LogP contribution in [0.1, 0.15) is 12.5 Å². The van der Waals surface area contributed by atoms with Gasteiger partial charge in [0.1, 0.15) is 12.4 Å². The summed E-state index contributed by atoms with van der Waals surface area (Å²) in [4.78, 5) is 10.9. The number of sulfonamides is 1. The minimum atomic E-state index is -3.77. The van der Waals surface area contributed by atoms with Crippen molar-refractivity contribution in [3.8, 4) is 5.75 Å². The number of nitrogens with zero attached hydrogens (tertiary/aromatic N) is 2. The maximum Gasteiger partial charge on any atom is 0.269 e. The van der Waals surface area contributed by atoms with Gasteiger partial charge in [0, 0.05) is 13.5 Å². The van der Waals surface area contributed by atoms with Crippen molar-refractivity contribution in [1.82, 2.24) is 14.9 Å². The highest BCUT2D eigenvalue weighted by atomic mass is 32.2. The monoisotopic (exact) mass is 356 g/mol. The van der Waals surface area contributed by atoms with E-state index in [9.17, 15) is 13.2 Å². The van der Waals surface area contributed by atoms with Crippen molar-refractivity contribution >= 4 is 32.4 Å². The standard InChI is InChI=1S/C13H16N4O4S2/c1-9-3-5-11(6-4-9)21-8-7-14-23(19,20)13-17-16-12(22-13)15-10(2)18/h3-6,14H,7-8H2,1-2H3,(H,15,16,18). The Bertz CT molecular complexity index is 772. The Hall–Kier alpha value is -2.04. The molecule has 1 aromatic carbocycles. The fourth-order valence-electron chi connectivity index (χ4n) is 1.56. The van der Waals surface area contributed by atoms with E-state index in [0.717, 1.165) is 16.9 Å². The van der Waals surface area contributed by atoms with Crippen LogP contribution in [0, 0.1) is 6.92 Å². The van der Waals surface area contributed by atoms with Gasteiger partial charge < -0.3 is 10.1 Å². The van der Waals surface area contributed by atoms with Crippen LogP contribution in [0.2, 0.25) is 0 Å². The van der Waals surface area contributed by atoms with E-state index in [1.807, 2.05) is 31.2 Å². The molecule has 8 nitrogen and oxygen atoms in total. The van der Waals surface area contributed by atoms with Crippen molar-refractivity contribution in [3.05, 3.63) is 29.8 Å². The topological polar surface area (TPSA) is 110 Å². The summed E-state index contributed by atoms with van der Waals surface area (Å²) < 4.78 is 31.6. The van der Waals surface area contributed by atoms with E-state index in [0.29, 0.717) is 5.75 Å². The molecule has 0 aliphatic carbocycles. The summed E-state index contributed by atoms with van der Waals surface area (Å²) in [7, 11) is -3.77. The summed E-state index contributed by atoms with van der Waals surface area (Å²) in [5.74, 6) is 0.322. The predicted molar refractivity (Wildman–Crippen MR) is 86.1 cm³/mol. The zero-order valence-corrected chi connectivity index (χ0v) is 14.2. The molecule has 2 rings (SSSR count). The van der Waals surface area contributed by atoms with Crippen LogP contribution in [0.25, 0.3) is 0 Å². The van der Waals surface area contributed by atoms with Crippen molar-refractivity contribution in [3.63, 3.8) is 0 Å². The molecule has 1 amide bonds. The minimum Gasteiger partial charge on any atom is -0.492 e. The van der Waals surface area contributed by atoms with E-state index in [1.54, 1.807) is 0 Å². The number of nitrogens with one attached hydrogen (secondary N) is 2. The Morgan fingerprint density at radius 1 is 1.26 bits per heavy atom. The van der Waals surface area contributed by atoms with Crippen molar-refractivity contribution in [1.29, 1.82) is 0 Å². The molecule has 0 unspecified atom stereocenters. The van der Waals surface area contributed by atoms with Crippen LogP contribution in [-0.4, -0.2) is 37.7 Å². The largest absolute Gasteiger partial charge is 0.492 e. The third kappa shape index (κ3) is 5.27. The van der Waals surface area contributed by atoms with Gasteiger partial charge in [-0.05, 0) is 19.1 Å². The molecule has 0 saturated carbocycles. The van der Waals surface area contributed by atoms with Gasteiger partial charge in [-0.3, -0.25) is 4.79 Å². The van der Waals surface area contributed by atoms with Crippen molar-refractivity contribution < 1.29 is 17.9 Å². The Morgan fingerprint density at radius 2 is 1.96 bits per heavy atom. The van der Waals surface area contributed by atoms with E-state index in [1.165, 1.54) is 6.92 Å². The van der Waals surface area contributed by atoms with Gasteiger partial charge in [0.2, 0.25) is 15.4 Å². The highest BCUT2D eigenvalue weighted by Gasteiger charge is 2.20. The predicted octanol–water partition coefficient (Wildman–Crippen LogP) is 1.16. The Labute approximate surface area is 137 Å². The molecule has 0 spiro atoms. The van der Waals surface area contributed by atoms with Crippen LogP contribution >= 0.6 is 11.3 Å². The second kappa shape index (κ2) is 7.49. The SMILES string of the molecule is CC(=O)Nc1nnc(S(=O)(=O)NCCOc2ccc(C)cc2)s1. The second-order valence-electron chi connectivity index (χ2n) is 4.61. The molecule has 2 N–H and O–H groups in total. The van der Waals surface area contributed by atoms with Crippen LogP contribution in [0.4, 0.5) is 5.13 Å². The first-order chi connectivity index (χ1) is 10.9. The van der Waals surface area contributed by atoms with E-state index in [4.69, 9.17) is 4.74 Å². The number of rotatable bonds is 7. The van der Waals surface area contributed by atoms with E-state index >= 15 is 0 Å². The maximum atomic E-state index is 12.0. The van der Waals surface area contributed by atoms with Gasteiger partial charge in [0.15, 0.2) is 0 Å². The molecular weight excluding hydrogens is 340 g/mol. The van der Waals surface area contributed by atoms with Crippen LogP contribution in [0.15, 0.2) is 28.6 Å². The van der Waals surface area contributed by atoms with Gasteiger partial charge in [0.25, 0.3) is 10.0 Å². The Kier molecular flexibility index (Phi) is 5.64. The fraction of sp³-hybridized carbons (Fsp3) is 0.308. The van der Waals surface area contributed by atoms with Gasteiger partial charge in [-0.15, -0.1) is 10.2 Å². The minimum absolute atomic E-state index is 0.0886. The van der Waals surface area contributed by atoms with Crippen molar-refractivity contribution in [2.75, 3.05) is 18.5 Å². The summed E-state index contributed by atoms with van der Waals surface area (Å²) in [6.07, 6.45) is 0. The molecule has 0 bridgehead atoms. The van der Waals surface area contributed by atoms with Crippen LogP contribution < -0.4 is 14.8 Å². The van der Waals surface area contributed by atoms with E-state index in [-0.39, 0.29) is 28.5 Å². The Balaban J connectivity index is 1.85. The lowest BCUT2D eigenvalue weighted by Gasteiger charge is -2.07. The first-order valence-electron chi connectivity index (χ1n) is 6.67. The highest BCUT2D eigenvalue weighted by molar-refractivity contribution is 7.91. The number of hydrogen-bond donors (Lipinski definition) is 2. The molecule has 0 atom stereocenters. The van der Waals surface area contributed by atoms with Crippen LogP contribution in [-0.2, 0) is 14.8 Å². The number of carbonyl (C=O) groups is 1. The third-order valence-electron chi connectivity index (χ3n) is 2.60. The summed E-state index contributed by atoms with van der Waals surface area (Å²) in [6.45, 7) is 3.54. The highest BCUT2D eigenvalue weighted by Crippen LogP contribution is 2.19. The first-order valence-corrected chi connectivity index (χ1v) is 8.97. The lowest BCUT2D eigenvalue weighted by atomic mass is 10.2. The molecule has 0 radical (unpaired) electrons. The second-order valence-corrected chi connectivity index (χ2v) is 7.53. The van der Waals surface area contributed by atoms with Crippen LogP contribution in [0.5, 0.6) is 5.75 Å². The molecule has 1 heterocycles. The molecule has 2 aromatic rings. The zero-order valence-electron chi connectivity index (χ0n) is 12.6. The molecule has 0 aliphatic heterocycles. The average molecular weight is 356 g/mol. The lowest BCUT2D eigenvalue weighted by molar-refractivity contribution is -0.114. The van der Waals surface area contributed by atoms with Crippen molar-refractivity contribution in [2.24, 2.45) is 0 Å². The van der Waals surface area contributed by atoms with Gasteiger partial charge in [-0.1, -0.05) is 29.0 Å². The number of aromatic nitrogens is 2. The molecule has 10 heteroatoms. The number of amides is 1. The fourth-order valence-corrected chi connectivity index (χ4v) is 3.56. The molecule has 1 aromatic heterocycles. The molecule has 23 heavy (non-hydrogen) atoms. The van der Waals surface area contributed by atoms with Gasteiger partial charge in [-0.2, -0.15) is 0 Å². The number of hydrogen-bond acceptors (Lipinski definition) is 7. The molecule has 0 saturated heterocycles. The van der Waals surface area contributed by atoms with Crippen molar-refractivity contribution in [2.45, 2.75) is 18.2 Å². The number of carbonyl (C=O) groups excluding carboxylic acids is 1. The number of ether oxygens (including phenoxy) is 1. The number of aryl methyl sites for hydroxylation is 1. The summed E-state index contributed by atoms with van der Waals surface area (Å²) in [5, 5.41) is 9.66. The molecular formula is C13H16N4O4S2. The maximum absolute atomic E-state index is 12.0. The first kappa shape index (κ1) is 17.3. The summed E-state index contributed by atoms with van der Waals surface area (Å²) in [6, 6.07) is 7.44. The van der Waals surface area contributed by atoms with E-state index in [2.05, 4.69) is 20.2 Å². The lowest BCUT2D eigenvalue weighted by Crippen LogP contribution is -2.28. The quantitative estimate of drug-likeness (QED) is 0.569. The smallest absolute Gasteiger partial charge is 0.269 e.